The summed E-state index contributed by atoms with van der Waals surface area (Å²) in [4.78, 5) is 0. The monoisotopic (exact) mass is 235 g/mol. The Morgan fingerprint density at radius 2 is 2.31 bits per heavy atom. The lowest BCUT2D eigenvalue weighted by Gasteiger charge is -2.14. The van der Waals surface area contributed by atoms with Gasteiger partial charge in [-0.2, -0.15) is 16.4 Å². The average Bonchev–Trinajstić information content (AvgIpc) is 2.84. The molecule has 2 aromatic heterocycles. The minimum absolute atomic E-state index is 0.326. The Kier molecular flexibility index (Phi) is 3.41. The van der Waals surface area contributed by atoms with E-state index in [1.807, 2.05) is 17.9 Å². The maximum atomic E-state index is 4.18. The van der Waals surface area contributed by atoms with Crippen LogP contribution in [-0.4, -0.2) is 9.78 Å². The van der Waals surface area contributed by atoms with Crippen molar-refractivity contribution in [3.05, 3.63) is 39.8 Å². The normalized spacial score (nSPS) is 12.9. The summed E-state index contributed by atoms with van der Waals surface area (Å²) in [5, 5.41) is 12.1. The number of nitrogens with one attached hydrogen (secondary N) is 1. The first kappa shape index (κ1) is 11.4. The van der Waals surface area contributed by atoms with Gasteiger partial charge in [0, 0.05) is 25.8 Å². The van der Waals surface area contributed by atoms with Crippen LogP contribution in [0, 0.1) is 6.92 Å². The minimum Gasteiger partial charge on any atom is -0.305 e. The molecule has 1 unspecified atom stereocenters. The molecule has 0 radical (unpaired) electrons. The van der Waals surface area contributed by atoms with Gasteiger partial charge in [0.1, 0.15) is 0 Å². The largest absolute Gasteiger partial charge is 0.305 e. The van der Waals surface area contributed by atoms with E-state index in [2.05, 4.69) is 41.1 Å². The van der Waals surface area contributed by atoms with E-state index in [1.54, 1.807) is 11.3 Å². The van der Waals surface area contributed by atoms with Crippen molar-refractivity contribution in [2.75, 3.05) is 0 Å². The maximum absolute atomic E-state index is 4.18. The zero-order valence-electron chi connectivity index (χ0n) is 9.90. The van der Waals surface area contributed by atoms with E-state index < -0.39 is 0 Å². The first-order valence-corrected chi connectivity index (χ1v) is 6.35. The second-order valence-corrected chi connectivity index (χ2v) is 4.81. The van der Waals surface area contributed by atoms with Gasteiger partial charge in [-0.3, -0.25) is 4.68 Å². The van der Waals surface area contributed by atoms with Crippen LogP contribution in [-0.2, 0) is 13.6 Å². The van der Waals surface area contributed by atoms with Crippen LogP contribution < -0.4 is 5.32 Å². The van der Waals surface area contributed by atoms with Gasteiger partial charge in [-0.05, 0) is 41.8 Å². The lowest BCUT2D eigenvalue weighted by Crippen LogP contribution is -2.20. The highest BCUT2D eigenvalue weighted by Crippen LogP contribution is 2.16. The molecule has 2 rings (SSSR count). The number of aromatic nitrogens is 2. The summed E-state index contributed by atoms with van der Waals surface area (Å²) in [6.45, 7) is 5.24. The number of rotatable bonds is 4. The van der Waals surface area contributed by atoms with Gasteiger partial charge in [0.2, 0.25) is 0 Å². The SMILES string of the molecule is Cc1cscc1CNC(C)c1ccnn1C. The molecule has 0 amide bonds. The predicted octanol–water partition coefficient (Wildman–Crippen LogP) is 2.64. The Morgan fingerprint density at radius 3 is 2.88 bits per heavy atom. The fourth-order valence-corrected chi connectivity index (χ4v) is 2.60. The zero-order chi connectivity index (χ0) is 11.5. The second kappa shape index (κ2) is 4.80. The number of hydrogen-bond donors (Lipinski definition) is 1. The molecule has 0 saturated heterocycles. The Labute approximate surface area is 100 Å². The zero-order valence-corrected chi connectivity index (χ0v) is 10.7. The van der Waals surface area contributed by atoms with Crippen LogP contribution in [0.4, 0.5) is 0 Å². The van der Waals surface area contributed by atoms with Crippen molar-refractivity contribution >= 4 is 11.3 Å². The van der Waals surface area contributed by atoms with Crippen LogP contribution in [0.15, 0.2) is 23.0 Å². The van der Waals surface area contributed by atoms with E-state index in [9.17, 15) is 0 Å². The topological polar surface area (TPSA) is 29.9 Å². The van der Waals surface area contributed by atoms with Gasteiger partial charge in [0.15, 0.2) is 0 Å². The molecular formula is C12H17N3S. The van der Waals surface area contributed by atoms with Crippen molar-refractivity contribution in [3.63, 3.8) is 0 Å². The molecular weight excluding hydrogens is 218 g/mol. The summed E-state index contributed by atoms with van der Waals surface area (Å²) in [6, 6.07) is 2.38. The number of hydrogen-bond acceptors (Lipinski definition) is 3. The Balaban J connectivity index is 1.97. The van der Waals surface area contributed by atoms with Gasteiger partial charge in [-0.25, -0.2) is 0 Å². The lowest BCUT2D eigenvalue weighted by atomic mass is 10.2. The average molecular weight is 235 g/mol. The quantitative estimate of drug-likeness (QED) is 0.883. The van der Waals surface area contributed by atoms with Crippen LogP contribution in [0.5, 0.6) is 0 Å². The van der Waals surface area contributed by atoms with Crippen LogP contribution in [0.2, 0.25) is 0 Å². The molecule has 2 aromatic rings. The van der Waals surface area contributed by atoms with E-state index >= 15 is 0 Å². The van der Waals surface area contributed by atoms with E-state index in [1.165, 1.54) is 16.8 Å². The first-order valence-electron chi connectivity index (χ1n) is 5.41. The summed E-state index contributed by atoms with van der Waals surface area (Å²) < 4.78 is 1.91. The highest BCUT2D eigenvalue weighted by atomic mass is 32.1. The molecule has 0 bridgehead atoms. The fraction of sp³-hybridized carbons (Fsp3) is 0.417. The van der Waals surface area contributed by atoms with Gasteiger partial charge in [0.05, 0.1) is 5.69 Å². The number of aryl methyl sites for hydroxylation is 2. The molecule has 3 nitrogen and oxygen atoms in total. The van der Waals surface area contributed by atoms with Gasteiger partial charge >= 0.3 is 0 Å². The van der Waals surface area contributed by atoms with Crippen molar-refractivity contribution in [1.82, 2.24) is 15.1 Å². The number of nitrogens with zero attached hydrogens (tertiary/aromatic N) is 2. The molecule has 4 heteroatoms. The molecule has 1 atom stereocenters. The molecule has 0 saturated carbocycles. The third-order valence-electron chi connectivity index (χ3n) is 2.86. The molecule has 1 N–H and O–H groups in total. The molecule has 86 valence electrons. The number of thiophene rings is 1. The van der Waals surface area contributed by atoms with Gasteiger partial charge in [-0.1, -0.05) is 0 Å². The first-order chi connectivity index (χ1) is 7.68. The minimum atomic E-state index is 0.326. The Morgan fingerprint density at radius 1 is 1.50 bits per heavy atom. The summed E-state index contributed by atoms with van der Waals surface area (Å²) in [7, 11) is 1.98. The van der Waals surface area contributed by atoms with Crippen molar-refractivity contribution in [1.29, 1.82) is 0 Å². The van der Waals surface area contributed by atoms with Crippen molar-refractivity contribution in [2.24, 2.45) is 7.05 Å². The van der Waals surface area contributed by atoms with Crippen LogP contribution in [0.25, 0.3) is 0 Å². The van der Waals surface area contributed by atoms with E-state index in [-0.39, 0.29) is 0 Å². The molecule has 0 aliphatic carbocycles. The highest BCUT2D eigenvalue weighted by molar-refractivity contribution is 7.08. The standard InChI is InChI=1S/C12H17N3S/c1-9-7-16-8-11(9)6-13-10(2)12-4-5-14-15(12)3/h4-5,7-8,10,13H,6H2,1-3H3. The summed E-state index contributed by atoms with van der Waals surface area (Å²) >= 11 is 1.76. The van der Waals surface area contributed by atoms with Gasteiger partial charge in [-0.15, -0.1) is 0 Å². The van der Waals surface area contributed by atoms with Crippen molar-refractivity contribution in [3.8, 4) is 0 Å². The van der Waals surface area contributed by atoms with E-state index in [0.717, 1.165) is 6.54 Å². The molecule has 0 aliphatic rings. The molecule has 16 heavy (non-hydrogen) atoms. The summed E-state index contributed by atoms with van der Waals surface area (Å²) in [6.07, 6.45) is 1.84. The predicted molar refractivity (Wildman–Crippen MR) is 67.5 cm³/mol. The lowest BCUT2D eigenvalue weighted by molar-refractivity contribution is 0.529. The van der Waals surface area contributed by atoms with Crippen molar-refractivity contribution in [2.45, 2.75) is 26.4 Å². The van der Waals surface area contributed by atoms with Crippen molar-refractivity contribution < 1.29 is 0 Å². The fourth-order valence-electron chi connectivity index (χ4n) is 1.74. The van der Waals surface area contributed by atoms with E-state index in [4.69, 9.17) is 0 Å². The van der Waals surface area contributed by atoms with Crippen LogP contribution >= 0.6 is 11.3 Å². The second-order valence-electron chi connectivity index (χ2n) is 4.06. The van der Waals surface area contributed by atoms with Crippen LogP contribution in [0.1, 0.15) is 29.8 Å². The van der Waals surface area contributed by atoms with Crippen LogP contribution in [0.3, 0.4) is 0 Å². The molecule has 0 spiro atoms. The van der Waals surface area contributed by atoms with E-state index in [0.29, 0.717) is 6.04 Å². The molecule has 0 aromatic carbocycles. The van der Waals surface area contributed by atoms with Gasteiger partial charge < -0.3 is 5.32 Å². The van der Waals surface area contributed by atoms with Gasteiger partial charge in [0.25, 0.3) is 0 Å². The molecule has 2 heterocycles. The smallest absolute Gasteiger partial charge is 0.0547 e. The Hall–Kier alpha value is -1.13. The molecule has 0 aliphatic heterocycles. The summed E-state index contributed by atoms with van der Waals surface area (Å²) in [5.74, 6) is 0. The third-order valence-corrected chi connectivity index (χ3v) is 3.77. The highest BCUT2D eigenvalue weighted by Gasteiger charge is 2.09. The third kappa shape index (κ3) is 2.33. The maximum Gasteiger partial charge on any atom is 0.0547 e. The Bertz CT molecular complexity index is 458. The molecule has 0 fully saturated rings. The summed E-state index contributed by atoms with van der Waals surface area (Å²) in [5.41, 5.74) is 3.97.